The van der Waals surface area contributed by atoms with Crippen LogP contribution < -0.4 is 15.7 Å². The Kier molecular flexibility index (Phi) is 3.63. The second-order valence-electron chi connectivity index (χ2n) is 3.25. The molecule has 5 N–H and O–H groups in total. The zero-order chi connectivity index (χ0) is 13.4. The molecule has 0 unspecified atom stereocenters. The van der Waals surface area contributed by atoms with E-state index in [0.717, 1.165) is 16.8 Å². The lowest BCUT2D eigenvalue weighted by atomic mass is 10.2. The number of rotatable bonds is 3. The normalized spacial score (nSPS) is 11.3. The standard InChI is InChI=1S/C7H10ClN4O4P/c1-11(17(9,10)16)7-5(8)2-4(12(14)15)3-6(7)13/h2-3,13H,1H3,(H4,9,10,16). The van der Waals surface area contributed by atoms with Crippen molar-refractivity contribution in [1.82, 2.24) is 0 Å². The molecule has 17 heavy (non-hydrogen) atoms. The van der Waals surface area contributed by atoms with Crippen LogP contribution in [-0.2, 0) is 4.57 Å². The molecule has 0 aromatic heterocycles. The van der Waals surface area contributed by atoms with Gasteiger partial charge in [-0.05, 0) is 0 Å². The molecule has 1 aromatic rings. The number of hydrogen-bond donors (Lipinski definition) is 3. The average molecular weight is 281 g/mol. The fourth-order valence-electron chi connectivity index (χ4n) is 1.15. The third kappa shape index (κ3) is 2.86. The largest absolute Gasteiger partial charge is 0.505 e. The third-order valence-corrected chi connectivity index (χ3v) is 3.46. The molecule has 0 aliphatic rings. The monoisotopic (exact) mass is 280 g/mol. The SMILES string of the molecule is CN(c1c(O)cc([N+](=O)[O-])cc1Cl)P(N)(N)=O. The van der Waals surface area contributed by atoms with Crippen LogP contribution in [0.1, 0.15) is 0 Å². The summed E-state index contributed by atoms with van der Waals surface area (Å²) in [6.45, 7) is 0. The molecule has 10 heteroatoms. The van der Waals surface area contributed by atoms with Gasteiger partial charge in [-0.15, -0.1) is 0 Å². The van der Waals surface area contributed by atoms with E-state index >= 15 is 0 Å². The van der Waals surface area contributed by atoms with Gasteiger partial charge in [-0.1, -0.05) is 11.6 Å². The highest BCUT2D eigenvalue weighted by Gasteiger charge is 2.25. The number of non-ortho nitro benzene ring substituents is 1. The maximum absolute atomic E-state index is 11.4. The Hall–Kier alpha value is -1.34. The van der Waals surface area contributed by atoms with E-state index in [1.807, 2.05) is 0 Å². The number of nitro groups is 1. The molecule has 0 saturated carbocycles. The lowest BCUT2D eigenvalue weighted by Crippen LogP contribution is -2.24. The van der Waals surface area contributed by atoms with Gasteiger partial charge in [0, 0.05) is 13.1 Å². The van der Waals surface area contributed by atoms with Gasteiger partial charge in [-0.2, -0.15) is 0 Å². The smallest absolute Gasteiger partial charge is 0.300 e. The van der Waals surface area contributed by atoms with E-state index in [0.29, 0.717) is 0 Å². The number of halogens is 1. The second-order valence-corrected chi connectivity index (χ2v) is 5.60. The fourth-order valence-corrected chi connectivity index (χ4v) is 2.07. The van der Waals surface area contributed by atoms with E-state index in [-0.39, 0.29) is 10.7 Å². The van der Waals surface area contributed by atoms with Gasteiger partial charge >= 0.3 is 7.59 Å². The van der Waals surface area contributed by atoms with E-state index in [4.69, 9.17) is 22.6 Å². The second kappa shape index (κ2) is 4.50. The zero-order valence-electron chi connectivity index (χ0n) is 8.70. The van der Waals surface area contributed by atoms with Crippen molar-refractivity contribution in [2.45, 2.75) is 0 Å². The maximum atomic E-state index is 11.4. The van der Waals surface area contributed by atoms with Crippen LogP contribution in [0.4, 0.5) is 11.4 Å². The van der Waals surface area contributed by atoms with Crippen molar-refractivity contribution in [2.75, 3.05) is 11.7 Å². The minimum atomic E-state index is -3.65. The molecule has 0 bridgehead atoms. The van der Waals surface area contributed by atoms with Crippen LogP contribution in [0.5, 0.6) is 5.75 Å². The number of nitro benzene ring substituents is 1. The Bertz CT molecular complexity index is 494. The lowest BCUT2D eigenvalue weighted by molar-refractivity contribution is -0.384. The number of nitrogens with zero attached hydrogens (tertiary/aromatic N) is 2. The molecule has 0 aliphatic carbocycles. The van der Waals surface area contributed by atoms with E-state index in [9.17, 15) is 19.8 Å². The molecule has 0 spiro atoms. The van der Waals surface area contributed by atoms with Crippen LogP contribution in [0.15, 0.2) is 12.1 Å². The van der Waals surface area contributed by atoms with Gasteiger partial charge in [0.15, 0.2) is 0 Å². The summed E-state index contributed by atoms with van der Waals surface area (Å²) < 4.78 is 12.3. The molecule has 0 atom stereocenters. The Morgan fingerprint density at radius 1 is 1.53 bits per heavy atom. The highest BCUT2D eigenvalue weighted by Crippen LogP contribution is 2.45. The Labute approximate surface area is 101 Å². The summed E-state index contributed by atoms with van der Waals surface area (Å²) in [5.74, 6) is -0.525. The number of benzene rings is 1. The molecule has 94 valence electrons. The summed E-state index contributed by atoms with van der Waals surface area (Å²) in [6.07, 6.45) is 0. The molecule has 8 nitrogen and oxygen atoms in total. The average Bonchev–Trinajstić information content (AvgIpc) is 2.14. The van der Waals surface area contributed by atoms with Crippen molar-refractivity contribution >= 4 is 30.6 Å². The van der Waals surface area contributed by atoms with Crippen LogP contribution in [0.25, 0.3) is 0 Å². The van der Waals surface area contributed by atoms with E-state index in [1.54, 1.807) is 0 Å². The van der Waals surface area contributed by atoms with Crippen molar-refractivity contribution < 1.29 is 14.6 Å². The van der Waals surface area contributed by atoms with Crippen LogP contribution >= 0.6 is 19.2 Å². The number of hydrogen-bond acceptors (Lipinski definition) is 4. The third-order valence-electron chi connectivity index (χ3n) is 2.03. The molecule has 0 heterocycles. The molecular formula is C7H10ClN4O4P. The van der Waals surface area contributed by atoms with Crippen LogP contribution in [0.2, 0.25) is 5.02 Å². The topological polar surface area (TPSA) is 136 Å². The summed E-state index contributed by atoms with van der Waals surface area (Å²) in [6, 6.07) is 1.87. The molecule has 0 fully saturated rings. The molecular weight excluding hydrogens is 271 g/mol. The first-order chi connectivity index (χ1) is 7.64. The molecule has 0 aliphatic heterocycles. The Morgan fingerprint density at radius 2 is 2.06 bits per heavy atom. The molecule has 0 saturated heterocycles. The van der Waals surface area contributed by atoms with Gasteiger partial charge in [0.2, 0.25) is 0 Å². The number of nitrogens with two attached hydrogens (primary N) is 2. The van der Waals surface area contributed by atoms with Crippen molar-refractivity contribution in [3.05, 3.63) is 27.3 Å². The summed E-state index contributed by atoms with van der Waals surface area (Å²) in [5, 5.41) is 19.9. The zero-order valence-corrected chi connectivity index (χ0v) is 10.4. The Morgan fingerprint density at radius 3 is 2.41 bits per heavy atom. The molecule has 1 aromatic carbocycles. The van der Waals surface area contributed by atoms with Crippen molar-refractivity contribution in [3.63, 3.8) is 0 Å². The van der Waals surface area contributed by atoms with Crippen LogP contribution in [0, 0.1) is 10.1 Å². The first-order valence-electron chi connectivity index (χ1n) is 4.23. The van der Waals surface area contributed by atoms with E-state index < -0.39 is 24.0 Å². The first-order valence-corrected chi connectivity index (χ1v) is 6.40. The fraction of sp³-hybridized carbons (Fsp3) is 0.143. The highest BCUT2D eigenvalue weighted by molar-refractivity contribution is 7.60. The quantitative estimate of drug-likeness (QED) is 0.432. The maximum Gasteiger partial charge on any atom is 0.300 e. The van der Waals surface area contributed by atoms with Crippen molar-refractivity contribution in [2.24, 2.45) is 11.0 Å². The number of anilines is 1. The summed E-state index contributed by atoms with van der Waals surface area (Å²) >= 11 is 5.74. The van der Waals surface area contributed by atoms with Gasteiger partial charge in [0.05, 0.1) is 16.0 Å². The van der Waals surface area contributed by atoms with Crippen LogP contribution in [0.3, 0.4) is 0 Å². The number of phenolic OH excluding ortho intramolecular Hbond substituents is 1. The summed E-state index contributed by atoms with van der Waals surface area (Å²) in [4.78, 5) is 9.78. The predicted octanol–water partition coefficient (Wildman–Crippen LogP) is 1.42. The van der Waals surface area contributed by atoms with Gasteiger partial charge in [0.1, 0.15) is 11.4 Å². The van der Waals surface area contributed by atoms with E-state index in [1.165, 1.54) is 7.05 Å². The van der Waals surface area contributed by atoms with E-state index in [2.05, 4.69) is 0 Å². The van der Waals surface area contributed by atoms with Crippen molar-refractivity contribution in [1.29, 1.82) is 0 Å². The van der Waals surface area contributed by atoms with Gasteiger partial charge in [0.25, 0.3) is 5.69 Å². The minimum absolute atomic E-state index is 0.120. The summed E-state index contributed by atoms with van der Waals surface area (Å²) in [7, 11) is -2.39. The molecule has 1 rings (SSSR count). The minimum Gasteiger partial charge on any atom is -0.505 e. The molecule has 0 radical (unpaired) electrons. The highest BCUT2D eigenvalue weighted by atomic mass is 35.5. The van der Waals surface area contributed by atoms with Crippen LogP contribution in [-0.4, -0.2) is 17.1 Å². The predicted molar refractivity (Wildman–Crippen MR) is 64.2 cm³/mol. The van der Waals surface area contributed by atoms with Gasteiger partial charge in [-0.3, -0.25) is 30.4 Å². The van der Waals surface area contributed by atoms with Crippen molar-refractivity contribution in [3.8, 4) is 5.75 Å². The Balaban J connectivity index is 3.38. The molecule has 0 amide bonds. The summed E-state index contributed by atoms with van der Waals surface area (Å²) in [5.41, 5.74) is 9.89. The van der Waals surface area contributed by atoms with Gasteiger partial charge in [-0.25, -0.2) is 0 Å². The first kappa shape index (κ1) is 13.7. The number of phenols is 1. The lowest BCUT2D eigenvalue weighted by Gasteiger charge is -2.24. The van der Waals surface area contributed by atoms with Gasteiger partial charge < -0.3 is 5.11 Å². The number of aromatic hydroxyl groups is 1.